The summed E-state index contributed by atoms with van der Waals surface area (Å²) in [5.41, 5.74) is 8.45. The molecule has 3 N–H and O–H groups in total. The monoisotopic (exact) mass is 284 g/mol. The molecule has 2 aliphatic rings. The van der Waals surface area contributed by atoms with Crippen molar-refractivity contribution in [2.75, 3.05) is 23.4 Å². The van der Waals surface area contributed by atoms with Crippen molar-refractivity contribution >= 4 is 35.8 Å². The zero-order chi connectivity index (χ0) is 11.8. The first-order valence-electron chi connectivity index (χ1n) is 6.01. The Bertz CT molecular complexity index is 466. The Labute approximate surface area is 117 Å². The van der Waals surface area contributed by atoms with E-state index in [1.54, 1.807) is 0 Å². The molecular formula is C13H17ClN2OS. The second-order valence-electron chi connectivity index (χ2n) is 4.78. The topological polar surface area (TPSA) is 55.1 Å². The Hall–Kier alpha value is -0.870. The third-order valence-corrected chi connectivity index (χ3v) is 4.95. The Balaban J connectivity index is 0.00000120. The summed E-state index contributed by atoms with van der Waals surface area (Å²) in [5.74, 6) is 3.41. The standard InChI is InChI=1S/C13H16N2OS.ClH/c14-13(16)8-1-2-12-11(5-8)10-3-4-17-7-9(10)6-15-12;/h1-2,5,9-10,15H,3-4,6-7H2,(H2,14,16);1H. The lowest BCUT2D eigenvalue weighted by Gasteiger charge is -2.37. The second kappa shape index (κ2) is 5.41. The van der Waals surface area contributed by atoms with Gasteiger partial charge in [0.15, 0.2) is 0 Å². The van der Waals surface area contributed by atoms with E-state index in [4.69, 9.17) is 5.73 Å². The van der Waals surface area contributed by atoms with Crippen LogP contribution >= 0.6 is 24.2 Å². The van der Waals surface area contributed by atoms with Crippen molar-refractivity contribution in [2.24, 2.45) is 11.7 Å². The average Bonchev–Trinajstić information content (AvgIpc) is 2.38. The summed E-state index contributed by atoms with van der Waals surface area (Å²) in [6, 6.07) is 5.79. The predicted octanol–water partition coefficient (Wildman–Crippen LogP) is 2.47. The van der Waals surface area contributed by atoms with Crippen molar-refractivity contribution in [1.82, 2.24) is 0 Å². The molecule has 2 aliphatic heterocycles. The summed E-state index contributed by atoms with van der Waals surface area (Å²) in [4.78, 5) is 11.2. The van der Waals surface area contributed by atoms with E-state index in [1.807, 2.05) is 30.0 Å². The molecule has 1 saturated heterocycles. The van der Waals surface area contributed by atoms with Crippen LogP contribution in [0.15, 0.2) is 18.2 Å². The largest absolute Gasteiger partial charge is 0.384 e. The number of carbonyl (C=O) groups excluding carboxylic acids is 1. The van der Waals surface area contributed by atoms with Crippen LogP contribution in [0.5, 0.6) is 0 Å². The van der Waals surface area contributed by atoms with Crippen LogP contribution in [0.1, 0.15) is 28.3 Å². The zero-order valence-corrected chi connectivity index (χ0v) is 11.7. The molecule has 2 unspecified atom stereocenters. The molecule has 3 rings (SSSR count). The fourth-order valence-corrected chi connectivity index (χ4v) is 4.07. The molecule has 0 saturated carbocycles. The highest BCUT2D eigenvalue weighted by Crippen LogP contribution is 2.42. The summed E-state index contributed by atoms with van der Waals surface area (Å²) < 4.78 is 0. The first-order valence-corrected chi connectivity index (χ1v) is 7.16. The molecule has 0 aliphatic carbocycles. The van der Waals surface area contributed by atoms with E-state index >= 15 is 0 Å². The summed E-state index contributed by atoms with van der Waals surface area (Å²) >= 11 is 2.03. The number of primary amides is 1. The first-order chi connectivity index (χ1) is 8.25. The van der Waals surface area contributed by atoms with E-state index in [0.29, 0.717) is 17.4 Å². The molecule has 18 heavy (non-hydrogen) atoms. The molecule has 0 spiro atoms. The van der Waals surface area contributed by atoms with Gasteiger partial charge in [0, 0.05) is 17.8 Å². The van der Waals surface area contributed by atoms with Gasteiger partial charge < -0.3 is 11.1 Å². The number of rotatable bonds is 1. The number of benzene rings is 1. The van der Waals surface area contributed by atoms with Gasteiger partial charge in [0.1, 0.15) is 0 Å². The van der Waals surface area contributed by atoms with E-state index in [1.165, 1.54) is 29.2 Å². The van der Waals surface area contributed by atoms with Crippen LogP contribution in [0.25, 0.3) is 0 Å². The second-order valence-corrected chi connectivity index (χ2v) is 5.93. The van der Waals surface area contributed by atoms with Gasteiger partial charge in [0.25, 0.3) is 0 Å². The molecule has 0 bridgehead atoms. The maximum Gasteiger partial charge on any atom is 0.248 e. The lowest BCUT2D eigenvalue weighted by molar-refractivity contribution is 0.1000. The highest BCUT2D eigenvalue weighted by atomic mass is 35.5. The van der Waals surface area contributed by atoms with Crippen LogP contribution in [-0.4, -0.2) is 24.0 Å². The first kappa shape index (κ1) is 13.6. The molecule has 1 aromatic carbocycles. The highest BCUT2D eigenvalue weighted by molar-refractivity contribution is 7.99. The number of anilines is 1. The summed E-state index contributed by atoms with van der Waals surface area (Å²) in [5, 5.41) is 3.46. The molecular weight excluding hydrogens is 268 g/mol. The van der Waals surface area contributed by atoms with Crippen molar-refractivity contribution < 1.29 is 4.79 Å². The number of carbonyl (C=O) groups is 1. The van der Waals surface area contributed by atoms with Crippen molar-refractivity contribution in [3.63, 3.8) is 0 Å². The SMILES string of the molecule is Cl.NC(=O)c1ccc2c(c1)C1CCSCC1CN2. The Morgan fingerprint density at radius 2 is 2.28 bits per heavy atom. The Morgan fingerprint density at radius 1 is 1.44 bits per heavy atom. The molecule has 0 aromatic heterocycles. The minimum absolute atomic E-state index is 0. The normalized spacial score (nSPS) is 25.1. The van der Waals surface area contributed by atoms with Gasteiger partial charge in [-0.15, -0.1) is 12.4 Å². The number of hydrogen-bond donors (Lipinski definition) is 2. The summed E-state index contributed by atoms with van der Waals surface area (Å²) in [6.07, 6.45) is 1.21. The van der Waals surface area contributed by atoms with Gasteiger partial charge in [-0.25, -0.2) is 0 Å². The minimum Gasteiger partial charge on any atom is -0.384 e. The molecule has 2 atom stereocenters. The molecule has 0 radical (unpaired) electrons. The molecule has 1 aromatic rings. The van der Waals surface area contributed by atoms with Crippen molar-refractivity contribution in [2.45, 2.75) is 12.3 Å². The number of nitrogens with two attached hydrogens (primary N) is 1. The number of amides is 1. The third-order valence-electron chi connectivity index (χ3n) is 3.76. The maximum absolute atomic E-state index is 11.2. The van der Waals surface area contributed by atoms with E-state index in [2.05, 4.69) is 5.32 Å². The van der Waals surface area contributed by atoms with Crippen LogP contribution in [0.2, 0.25) is 0 Å². The molecule has 1 fully saturated rings. The number of thioether (sulfide) groups is 1. The predicted molar refractivity (Wildman–Crippen MR) is 78.9 cm³/mol. The molecule has 98 valence electrons. The van der Waals surface area contributed by atoms with E-state index in [9.17, 15) is 4.79 Å². The van der Waals surface area contributed by atoms with Crippen LogP contribution in [0.3, 0.4) is 0 Å². The van der Waals surface area contributed by atoms with Gasteiger partial charge >= 0.3 is 0 Å². The van der Waals surface area contributed by atoms with Gasteiger partial charge in [-0.3, -0.25) is 4.79 Å². The van der Waals surface area contributed by atoms with Gasteiger partial charge in [-0.2, -0.15) is 11.8 Å². The van der Waals surface area contributed by atoms with Gasteiger partial charge in [0.2, 0.25) is 5.91 Å². The number of nitrogens with one attached hydrogen (secondary N) is 1. The summed E-state index contributed by atoms with van der Waals surface area (Å²) in [7, 11) is 0. The number of hydrogen-bond acceptors (Lipinski definition) is 3. The lowest BCUT2D eigenvalue weighted by Crippen LogP contribution is -2.32. The highest BCUT2D eigenvalue weighted by Gasteiger charge is 2.32. The third kappa shape index (κ3) is 2.31. The fourth-order valence-electron chi connectivity index (χ4n) is 2.83. The molecule has 2 heterocycles. The van der Waals surface area contributed by atoms with Crippen molar-refractivity contribution in [3.05, 3.63) is 29.3 Å². The van der Waals surface area contributed by atoms with Gasteiger partial charge in [0.05, 0.1) is 0 Å². The number of fused-ring (bicyclic) bond motifs is 3. The van der Waals surface area contributed by atoms with Crippen molar-refractivity contribution in [1.29, 1.82) is 0 Å². The molecule has 5 heteroatoms. The van der Waals surface area contributed by atoms with E-state index in [-0.39, 0.29) is 18.3 Å². The van der Waals surface area contributed by atoms with Crippen LogP contribution < -0.4 is 11.1 Å². The van der Waals surface area contributed by atoms with Crippen LogP contribution in [0, 0.1) is 5.92 Å². The Kier molecular flexibility index (Phi) is 4.07. The quantitative estimate of drug-likeness (QED) is 0.833. The lowest BCUT2D eigenvalue weighted by atomic mass is 9.80. The minimum atomic E-state index is -0.333. The summed E-state index contributed by atoms with van der Waals surface area (Å²) in [6.45, 7) is 1.06. The smallest absolute Gasteiger partial charge is 0.248 e. The Morgan fingerprint density at radius 3 is 3.06 bits per heavy atom. The van der Waals surface area contributed by atoms with Crippen LogP contribution in [0.4, 0.5) is 5.69 Å². The van der Waals surface area contributed by atoms with Gasteiger partial charge in [-0.05, 0) is 53.5 Å². The van der Waals surface area contributed by atoms with E-state index in [0.717, 1.165) is 6.54 Å². The molecule has 3 nitrogen and oxygen atoms in total. The van der Waals surface area contributed by atoms with E-state index < -0.39 is 0 Å². The molecule has 1 amide bonds. The fraction of sp³-hybridized carbons (Fsp3) is 0.462. The van der Waals surface area contributed by atoms with Crippen molar-refractivity contribution in [3.8, 4) is 0 Å². The zero-order valence-electron chi connectivity index (χ0n) is 10.0. The maximum atomic E-state index is 11.2. The number of halogens is 1. The van der Waals surface area contributed by atoms with Crippen LogP contribution in [-0.2, 0) is 0 Å². The van der Waals surface area contributed by atoms with Gasteiger partial charge in [-0.1, -0.05) is 0 Å². The average molecular weight is 285 g/mol.